The van der Waals surface area contributed by atoms with E-state index in [1.54, 1.807) is 0 Å². The summed E-state index contributed by atoms with van der Waals surface area (Å²) in [6.45, 7) is 0. The summed E-state index contributed by atoms with van der Waals surface area (Å²) in [6.07, 6.45) is 0. The summed E-state index contributed by atoms with van der Waals surface area (Å²) in [4.78, 5) is 10.8. The van der Waals surface area contributed by atoms with Crippen molar-refractivity contribution in [2.24, 2.45) is 5.73 Å². The largest absolute Gasteiger partial charge is 0.369 e. The second-order valence-electron chi connectivity index (χ2n) is 4.33. The van der Waals surface area contributed by atoms with Crippen LogP contribution in [0.2, 0.25) is 5.02 Å². The molecule has 0 saturated carbocycles. The highest BCUT2D eigenvalue weighted by molar-refractivity contribution is 7.84. The van der Waals surface area contributed by atoms with Gasteiger partial charge in [0.25, 0.3) is 0 Å². The van der Waals surface area contributed by atoms with Crippen molar-refractivity contribution in [3.8, 4) is 11.1 Å². The van der Waals surface area contributed by atoms with E-state index in [2.05, 4.69) is 0 Å². The molecule has 1 atom stereocenters. The lowest BCUT2D eigenvalue weighted by Crippen LogP contribution is -2.20. The highest BCUT2D eigenvalue weighted by atomic mass is 35.5. The van der Waals surface area contributed by atoms with Gasteiger partial charge in [-0.05, 0) is 17.2 Å². The Bertz CT molecular complexity index is 658. The van der Waals surface area contributed by atoms with Gasteiger partial charge in [-0.25, -0.2) is 0 Å². The van der Waals surface area contributed by atoms with Crippen molar-refractivity contribution in [2.75, 3.05) is 5.75 Å². The number of nitrogens with two attached hydrogens (primary N) is 1. The van der Waals surface area contributed by atoms with Crippen LogP contribution in [-0.4, -0.2) is 15.9 Å². The second kappa shape index (κ2) is 6.68. The Morgan fingerprint density at radius 2 is 1.65 bits per heavy atom. The van der Waals surface area contributed by atoms with Gasteiger partial charge in [0.1, 0.15) is 5.75 Å². The van der Waals surface area contributed by atoms with E-state index < -0.39 is 16.7 Å². The molecule has 0 aromatic heterocycles. The first-order chi connectivity index (χ1) is 9.58. The van der Waals surface area contributed by atoms with Crippen LogP contribution in [0.5, 0.6) is 0 Å². The minimum Gasteiger partial charge on any atom is -0.369 e. The monoisotopic (exact) mass is 307 g/mol. The zero-order valence-corrected chi connectivity index (χ0v) is 12.3. The van der Waals surface area contributed by atoms with E-state index in [1.165, 1.54) is 0 Å². The summed E-state index contributed by atoms with van der Waals surface area (Å²) in [7, 11) is -1.31. The first-order valence-corrected chi connectivity index (χ1v) is 7.90. The maximum atomic E-state index is 11.9. The highest BCUT2D eigenvalue weighted by Crippen LogP contribution is 2.30. The molecule has 0 radical (unpaired) electrons. The number of halogens is 1. The molecule has 5 heteroatoms. The molecule has 0 aliphatic heterocycles. The zero-order valence-electron chi connectivity index (χ0n) is 10.7. The minimum atomic E-state index is -1.31. The van der Waals surface area contributed by atoms with Crippen LogP contribution in [0, 0.1) is 0 Å². The number of amides is 1. The number of hydrogen-bond donors (Lipinski definition) is 1. The van der Waals surface area contributed by atoms with E-state index in [4.69, 9.17) is 17.3 Å². The lowest BCUT2D eigenvalue weighted by Gasteiger charge is -2.10. The van der Waals surface area contributed by atoms with Gasteiger partial charge in [-0.1, -0.05) is 54.1 Å². The van der Waals surface area contributed by atoms with Crippen molar-refractivity contribution >= 4 is 28.3 Å². The third kappa shape index (κ3) is 3.68. The molecule has 0 bridgehead atoms. The smallest absolute Gasteiger partial charge is 0.230 e. The standard InChI is InChI=1S/C15H14ClNO2S/c16-14-8-4-3-7-13(14)12-6-2-1-5-11(12)9-20(19)10-15(17)18/h1-8H,9-10H2,(H2,17,18)/t20-/m0/s1. The van der Waals surface area contributed by atoms with Gasteiger partial charge in [-0.3, -0.25) is 9.00 Å². The van der Waals surface area contributed by atoms with Crippen LogP contribution in [0.25, 0.3) is 11.1 Å². The van der Waals surface area contributed by atoms with Gasteiger partial charge in [0.2, 0.25) is 5.91 Å². The topological polar surface area (TPSA) is 60.2 Å². The Hall–Kier alpha value is -1.65. The second-order valence-corrected chi connectivity index (χ2v) is 6.20. The summed E-state index contributed by atoms with van der Waals surface area (Å²) in [5.41, 5.74) is 7.77. The van der Waals surface area contributed by atoms with Gasteiger partial charge in [-0.15, -0.1) is 0 Å². The summed E-state index contributed by atoms with van der Waals surface area (Å²) in [5.74, 6) is -0.403. The average Bonchev–Trinajstić information content (AvgIpc) is 2.39. The van der Waals surface area contributed by atoms with Gasteiger partial charge in [0, 0.05) is 27.1 Å². The van der Waals surface area contributed by atoms with Gasteiger partial charge in [0.15, 0.2) is 0 Å². The SMILES string of the molecule is NC(=O)C[S@@](=O)Cc1ccccc1-c1ccccc1Cl. The molecule has 104 valence electrons. The molecule has 2 aromatic rings. The summed E-state index contributed by atoms with van der Waals surface area (Å²) in [5, 5.41) is 0.639. The normalized spacial score (nSPS) is 12.1. The van der Waals surface area contributed by atoms with E-state index in [9.17, 15) is 9.00 Å². The van der Waals surface area contributed by atoms with Crippen LogP contribution in [-0.2, 0) is 21.3 Å². The highest BCUT2D eigenvalue weighted by Gasteiger charge is 2.11. The zero-order chi connectivity index (χ0) is 14.5. The molecule has 0 aliphatic carbocycles. The van der Waals surface area contributed by atoms with Crippen LogP contribution < -0.4 is 5.73 Å². The Kier molecular flexibility index (Phi) is 4.93. The molecule has 0 heterocycles. The lowest BCUT2D eigenvalue weighted by molar-refractivity contribution is -0.115. The van der Waals surface area contributed by atoms with E-state index in [0.717, 1.165) is 16.7 Å². The molecule has 0 aliphatic rings. The van der Waals surface area contributed by atoms with E-state index in [0.29, 0.717) is 5.02 Å². The van der Waals surface area contributed by atoms with Crippen LogP contribution >= 0.6 is 11.6 Å². The minimum absolute atomic E-state index is 0.128. The number of hydrogen-bond acceptors (Lipinski definition) is 2. The van der Waals surface area contributed by atoms with Crippen molar-refractivity contribution in [3.05, 3.63) is 59.1 Å². The maximum Gasteiger partial charge on any atom is 0.230 e. The molecule has 20 heavy (non-hydrogen) atoms. The van der Waals surface area contributed by atoms with Gasteiger partial charge in [0.05, 0.1) is 0 Å². The van der Waals surface area contributed by atoms with Crippen LogP contribution in [0.1, 0.15) is 5.56 Å². The van der Waals surface area contributed by atoms with Crippen molar-refractivity contribution in [1.82, 2.24) is 0 Å². The van der Waals surface area contributed by atoms with Crippen LogP contribution in [0.4, 0.5) is 0 Å². The van der Waals surface area contributed by atoms with Gasteiger partial charge >= 0.3 is 0 Å². The van der Waals surface area contributed by atoms with E-state index in [-0.39, 0.29) is 11.5 Å². The van der Waals surface area contributed by atoms with Crippen molar-refractivity contribution in [1.29, 1.82) is 0 Å². The molecule has 0 spiro atoms. The molecule has 3 nitrogen and oxygen atoms in total. The van der Waals surface area contributed by atoms with Crippen molar-refractivity contribution in [2.45, 2.75) is 5.75 Å². The van der Waals surface area contributed by atoms with Crippen LogP contribution in [0.3, 0.4) is 0 Å². The number of benzene rings is 2. The predicted molar refractivity (Wildman–Crippen MR) is 82.8 cm³/mol. The quantitative estimate of drug-likeness (QED) is 0.923. The van der Waals surface area contributed by atoms with Gasteiger partial charge < -0.3 is 5.73 Å². The molecule has 2 aromatic carbocycles. The lowest BCUT2D eigenvalue weighted by atomic mass is 10.0. The van der Waals surface area contributed by atoms with Crippen LogP contribution in [0.15, 0.2) is 48.5 Å². The van der Waals surface area contributed by atoms with E-state index >= 15 is 0 Å². The first kappa shape index (κ1) is 14.8. The molecule has 0 saturated heterocycles. The Morgan fingerprint density at radius 3 is 2.30 bits per heavy atom. The maximum absolute atomic E-state index is 11.9. The Morgan fingerprint density at radius 1 is 1.05 bits per heavy atom. The van der Waals surface area contributed by atoms with E-state index in [1.807, 2.05) is 48.5 Å². The van der Waals surface area contributed by atoms with Crippen molar-refractivity contribution < 1.29 is 9.00 Å². The van der Waals surface area contributed by atoms with Gasteiger partial charge in [-0.2, -0.15) is 0 Å². The molecule has 1 amide bonds. The number of rotatable bonds is 5. The average molecular weight is 308 g/mol. The molecular formula is C15H14ClNO2S. The molecule has 2 N–H and O–H groups in total. The summed E-state index contributed by atoms with van der Waals surface area (Å²) >= 11 is 6.20. The number of carbonyl (C=O) groups excluding carboxylic acids is 1. The summed E-state index contributed by atoms with van der Waals surface area (Å²) < 4.78 is 11.9. The number of carbonyl (C=O) groups is 1. The fraction of sp³-hybridized carbons (Fsp3) is 0.133. The Labute approximate surface area is 125 Å². The molecule has 0 unspecified atom stereocenters. The number of primary amides is 1. The third-order valence-corrected chi connectivity index (χ3v) is 4.37. The fourth-order valence-corrected chi connectivity index (χ4v) is 3.23. The fourth-order valence-electron chi connectivity index (χ4n) is 1.97. The predicted octanol–water partition coefficient (Wildman–Crippen LogP) is 2.74. The van der Waals surface area contributed by atoms with Crippen molar-refractivity contribution in [3.63, 3.8) is 0 Å². The first-order valence-electron chi connectivity index (χ1n) is 6.04. The third-order valence-electron chi connectivity index (χ3n) is 2.80. The Balaban J connectivity index is 2.34. The summed E-state index contributed by atoms with van der Waals surface area (Å²) in [6, 6.07) is 15.1. The molecular weight excluding hydrogens is 294 g/mol. The molecule has 0 fully saturated rings. The molecule has 2 rings (SSSR count).